The predicted octanol–water partition coefficient (Wildman–Crippen LogP) is 5.04. The number of aliphatic carboxylic acids is 1. The van der Waals surface area contributed by atoms with Crippen molar-refractivity contribution >= 4 is 17.9 Å². The summed E-state index contributed by atoms with van der Waals surface area (Å²) in [5.41, 5.74) is -1.92. The van der Waals surface area contributed by atoms with Crippen LogP contribution in [0.1, 0.15) is 40.0 Å². The summed E-state index contributed by atoms with van der Waals surface area (Å²) >= 11 is 0. The molecular weight excluding hydrogens is 592 g/mol. The van der Waals surface area contributed by atoms with Gasteiger partial charge in [0.15, 0.2) is 6.61 Å². The maximum atomic E-state index is 14.0. The lowest BCUT2D eigenvalue weighted by Crippen LogP contribution is -2.69. The number of halogens is 12. The molecule has 0 fully saturated rings. The normalized spacial score (nSPS) is 16.7. The molecule has 3 atom stereocenters. The number of ether oxygens (including phenoxy) is 2. The molecule has 0 radical (unpaired) electrons. The molecule has 0 aromatic carbocycles. The van der Waals surface area contributed by atoms with E-state index in [1.807, 2.05) is 0 Å². The first-order chi connectivity index (χ1) is 17.8. The Morgan fingerprint density at radius 1 is 0.825 bits per heavy atom. The van der Waals surface area contributed by atoms with Gasteiger partial charge in [0.25, 0.3) is 0 Å². The molecule has 3 unspecified atom stereocenters. The van der Waals surface area contributed by atoms with Gasteiger partial charge in [-0.3, -0.25) is 14.4 Å². The average molecular weight is 618 g/mol. The van der Waals surface area contributed by atoms with Crippen molar-refractivity contribution in [3.05, 3.63) is 0 Å². The van der Waals surface area contributed by atoms with E-state index in [0.29, 0.717) is 0 Å². The molecule has 19 heteroatoms. The second-order valence-corrected chi connectivity index (χ2v) is 9.13. The Kier molecular flexibility index (Phi) is 12.2. The van der Waals surface area contributed by atoms with Crippen LogP contribution in [0.3, 0.4) is 0 Å². The molecule has 0 spiro atoms. The van der Waals surface area contributed by atoms with E-state index in [4.69, 9.17) is 14.9 Å². The summed E-state index contributed by atoms with van der Waals surface area (Å²) in [6.45, 7) is -1.07. The molecule has 0 amide bonds. The largest absolute Gasteiger partial charge is 0.481 e. The number of rotatable bonds is 17. The molecule has 0 saturated heterocycles. The number of esters is 2. The lowest BCUT2D eigenvalue weighted by Gasteiger charge is -2.39. The Hall–Kier alpha value is -2.47. The average Bonchev–Trinajstić information content (AvgIpc) is 2.83. The molecule has 0 aliphatic carbocycles. The smallest absolute Gasteiger partial charge is 0.384 e. The summed E-state index contributed by atoms with van der Waals surface area (Å²) in [7, 11) is 0. The molecule has 7 nitrogen and oxygen atoms in total. The van der Waals surface area contributed by atoms with Crippen molar-refractivity contribution in [2.75, 3.05) is 19.8 Å². The Bertz CT molecular complexity index is 897. The van der Waals surface area contributed by atoms with E-state index in [0.717, 1.165) is 20.8 Å². The van der Waals surface area contributed by atoms with Crippen molar-refractivity contribution in [1.29, 1.82) is 0 Å². The maximum Gasteiger partial charge on any atom is 0.384 e. The number of hydrogen-bond donors (Lipinski definition) is 2. The van der Waals surface area contributed by atoms with Gasteiger partial charge >= 0.3 is 53.9 Å². The predicted molar refractivity (Wildman–Crippen MR) is 108 cm³/mol. The fourth-order valence-electron chi connectivity index (χ4n) is 3.41. The molecule has 0 rings (SSSR count). The van der Waals surface area contributed by atoms with E-state index in [1.54, 1.807) is 0 Å². The highest BCUT2D eigenvalue weighted by atomic mass is 19.4. The minimum Gasteiger partial charge on any atom is -0.481 e. The van der Waals surface area contributed by atoms with Gasteiger partial charge in [-0.2, -0.15) is 43.9 Å². The SMILES string of the molecule is CCC(CC(C)(CC(C)C(=O)O)C(=O)OCCO)C(=O)OCC(F)(F)C(F)(F)C(F)(F)C(F)(F)C(F)(F)C(F)F. The zero-order valence-corrected chi connectivity index (χ0v) is 20.9. The van der Waals surface area contributed by atoms with Gasteiger partial charge in [-0.1, -0.05) is 13.8 Å². The Labute approximate surface area is 218 Å². The number of carbonyl (C=O) groups is 3. The van der Waals surface area contributed by atoms with E-state index in [1.165, 1.54) is 0 Å². The molecule has 0 aromatic rings. The first-order valence-electron chi connectivity index (χ1n) is 11.1. The van der Waals surface area contributed by atoms with Crippen LogP contribution in [-0.2, 0) is 23.9 Å². The van der Waals surface area contributed by atoms with Crippen molar-refractivity contribution in [2.45, 2.75) is 76.1 Å². The van der Waals surface area contributed by atoms with Crippen LogP contribution in [0.2, 0.25) is 0 Å². The van der Waals surface area contributed by atoms with Crippen LogP contribution < -0.4 is 0 Å². The molecule has 0 aliphatic rings. The summed E-state index contributed by atoms with van der Waals surface area (Å²) in [4.78, 5) is 36.0. The van der Waals surface area contributed by atoms with Crippen molar-refractivity contribution in [1.82, 2.24) is 0 Å². The number of hydrogen-bond acceptors (Lipinski definition) is 6. The van der Waals surface area contributed by atoms with Gasteiger partial charge < -0.3 is 19.7 Å². The van der Waals surface area contributed by atoms with Crippen molar-refractivity contribution < 1.29 is 86.8 Å². The third-order valence-corrected chi connectivity index (χ3v) is 5.86. The van der Waals surface area contributed by atoms with Crippen LogP contribution in [0.5, 0.6) is 0 Å². The molecule has 0 heterocycles. The third-order valence-electron chi connectivity index (χ3n) is 5.86. The van der Waals surface area contributed by atoms with Crippen molar-refractivity contribution in [2.24, 2.45) is 17.3 Å². The number of aliphatic hydroxyl groups excluding tert-OH is 1. The van der Waals surface area contributed by atoms with Gasteiger partial charge in [-0.15, -0.1) is 0 Å². The monoisotopic (exact) mass is 618 g/mol. The van der Waals surface area contributed by atoms with E-state index in [9.17, 15) is 67.1 Å². The van der Waals surface area contributed by atoms with Crippen molar-refractivity contribution in [3.63, 3.8) is 0 Å². The Morgan fingerprint density at radius 2 is 1.32 bits per heavy atom. The highest BCUT2D eigenvalue weighted by molar-refractivity contribution is 5.80. The first-order valence-corrected chi connectivity index (χ1v) is 11.1. The summed E-state index contributed by atoms with van der Waals surface area (Å²) in [5.74, 6) is -44.2. The van der Waals surface area contributed by atoms with Crippen LogP contribution >= 0.6 is 0 Å². The zero-order chi connectivity index (χ0) is 32.1. The summed E-state index contributed by atoms with van der Waals surface area (Å²) in [6.07, 6.45) is -7.45. The molecule has 0 aliphatic heterocycles. The molecule has 236 valence electrons. The molecule has 0 aromatic heterocycles. The number of alkyl halides is 12. The molecule has 0 bridgehead atoms. The van der Waals surface area contributed by atoms with Gasteiger partial charge in [0, 0.05) is 0 Å². The van der Waals surface area contributed by atoms with Gasteiger partial charge in [0.2, 0.25) is 0 Å². The number of aliphatic hydroxyl groups is 1. The van der Waals surface area contributed by atoms with Crippen molar-refractivity contribution in [3.8, 4) is 0 Å². The quantitative estimate of drug-likeness (QED) is 0.174. The number of carboxylic acid groups (broad SMARTS) is 1. The minimum absolute atomic E-state index is 0.444. The second-order valence-electron chi connectivity index (χ2n) is 9.13. The standard InChI is InChI=1S/C21H26F12O7/c1-4-11(8-16(3,7-10(2)12(35)36)15(38)39-6-5-34)13(37)40-9-17(24,25)19(28,29)21(32,33)20(30,31)18(26,27)14(22)23/h10-11,14,34H,4-9H2,1-3H3,(H,35,36). The molecule has 0 saturated carbocycles. The van der Waals surface area contributed by atoms with E-state index < -0.39 is 110 Å². The lowest BCUT2D eigenvalue weighted by molar-refractivity contribution is -0.414. The van der Waals surface area contributed by atoms with E-state index in [2.05, 4.69) is 4.74 Å². The van der Waals surface area contributed by atoms with E-state index in [-0.39, 0.29) is 0 Å². The number of carboxylic acids is 1. The topological polar surface area (TPSA) is 110 Å². The van der Waals surface area contributed by atoms with Crippen LogP contribution in [-0.4, -0.2) is 84.0 Å². The maximum absolute atomic E-state index is 14.0. The van der Waals surface area contributed by atoms with Crippen LogP contribution in [0, 0.1) is 17.3 Å². The third kappa shape index (κ3) is 7.43. The van der Waals surface area contributed by atoms with Crippen LogP contribution in [0.4, 0.5) is 52.7 Å². The fraction of sp³-hybridized carbons (Fsp3) is 0.857. The van der Waals surface area contributed by atoms with E-state index >= 15 is 0 Å². The minimum atomic E-state index is -7.79. The first kappa shape index (κ1) is 37.5. The van der Waals surface area contributed by atoms with Gasteiger partial charge in [-0.05, 0) is 26.2 Å². The molecule has 2 N–H and O–H groups in total. The summed E-state index contributed by atoms with van der Waals surface area (Å²) in [5, 5.41) is 17.9. The number of carbonyl (C=O) groups excluding carboxylic acids is 2. The molecule has 40 heavy (non-hydrogen) atoms. The van der Waals surface area contributed by atoms with Crippen LogP contribution in [0.15, 0.2) is 0 Å². The highest BCUT2D eigenvalue weighted by Gasteiger charge is 2.87. The van der Waals surface area contributed by atoms with Gasteiger partial charge in [-0.25, -0.2) is 8.78 Å². The van der Waals surface area contributed by atoms with Gasteiger partial charge in [0.05, 0.1) is 23.9 Å². The fourth-order valence-corrected chi connectivity index (χ4v) is 3.41. The van der Waals surface area contributed by atoms with Gasteiger partial charge in [0.1, 0.15) is 6.61 Å². The molecular formula is C21H26F12O7. The summed E-state index contributed by atoms with van der Waals surface area (Å²) < 4.78 is 168. The lowest BCUT2D eigenvalue weighted by atomic mass is 9.74. The second kappa shape index (κ2) is 13.0. The Balaban J connectivity index is 6.02. The van der Waals surface area contributed by atoms with Crippen LogP contribution in [0.25, 0.3) is 0 Å². The Morgan fingerprint density at radius 3 is 1.73 bits per heavy atom. The zero-order valence-electron chi connectivity index (χ0n) is 20.9. The highest BCUT2D eigenvalue weighted by Crippen LogP contribution is 2.58. The summed E-state index contributed by atoms with van der Waals surface area (Å²) in [6, 6.07) is 0.